The first-order chi connectivity index (χ1) is 15.4. The van der Waals surface area contributed by atoms with E-state index in [1.807, 2.05) is 0 Å². The number of fused-ring (bicyclic) bond motifs is 1. The van der Waals surface area contributed by atoms with Crippen LogP contribution in [0.15, 0.2) is 45.9 Å². The Labute approximate surface area is 189 Å². The molecular formula is C20H23N5O5S2. The largest absolute Gasteiger partial charge is 0.467 e. The van der Waals surface area contributed by atoms with Crippen LogP contribution in [0.5, 0.6) is 0 Å². The molecule has 2 amide bonds. The molecule has 1 aromatic carbocycles. The minimum Gasteiger partial charge on any atom is -0.467 e. The number of carbonyl (C=O) groups is 2. The van der Waals surface area contributed by atoms with Crippen molar-refractivity contribution in [2.45, 2.75) is 30.7 Å². The summed E-state index contributed by atoms with van der Waals surface area (Å²) in [6.45, 7) is 1.02. The zero-order valence-corrected chi connectivity index (χ0v) is 18.8. The van der Waals surface area contributed by atoms with Crippen molar-refractivity contribution < 1.29 is 22.4 Å². The standard InChI is InChI=1S/C20H23N5O5S2/c26-18(22-13-15-3-2-12-30-15)6-9-21-20(27)14-7-10-25(11-8-14)32(28,29)17-5-1-4-16-19(17)24-31-23-16/h1-5,12,14H,6-11,13H2,(H,21,27)(H,22,26). The first kappa shape index (κ1) is 22.4. The number of nitrogens with zero attached hydrogens (tertiary/aromatic N) is 3. The van der Waals surface area contributed by atoms with Crippen molar-refractivity contribution in [2.24, 2.45) is 5.92 Å². The molecule has 0 bridgehead atoms. The van der Waals surface area contributed by atoms with Crippen LogP contribution in [0.2, 0.25) is 0 Å². The van der Waals surface area contributed by atoms with Crippen molar-refractivity contribution in [3.8, 4) is 0 Å². The highest BCUT2D eigenvalue weighted by Crippen LogP contribution is 2.28. The highest BCUT2D eigenvalue weighted by molar-refractivity contribution is 7.89. The highest BCUT2D eigenvalue weighted by Gasteiger charge is 2.33. The van der Waals surface area contributed by atoms with Crippen LogP contribution in [0.25, 0.3) is 11.0 Å². The number of hydrogen-bond donors (Lipinski definition) is 2. The molecule has 170 valence electrons. The lowest BCUT2D eigenvalue weighted by atomic mass is 9.97. The summed E-state index contributed by atoms with van der Waals surface area (Å²) in [5.74, 6) is 0.0238. The van der Waals surface area contributed by atoms with E-state index in [0.717, 1.165) is 11.7 Å². The summed E-state index contributed by atoms with van der Waals surface area (Å²) in [5.41, 5.74) is 0.932. The van der Waals surface area contributed by atoms with E-state index in [1.165, 1.54) is 16.6 Å². The summed E-state index contributed by atoms with van der Waals surface area (Å²) in [5, 5.41) is 5.50. The molecule has 1 aliphatic heterocycles. The van der Waals surface area contributed by atoms with Crippen molar-refractivity contribution in [3.63, 3.8) is 0 Å². The van der Waals surface area contributed by atoms with Gasteiger partial charge >= 0.3 is 0 Å². The van der Waals surface area contributed by atoms with E-state index in [4.69, 9.17) is 4.42 Å². The zero-order chi connectivity index (χ0) is 22.6. The van der Waals surface area contributed by atoms with E-state index >= 15 is 0 Å². The zero-order valence-electron chi connectivity index (χ0n) is 17.2. The number of piperidine rings is 1. The second-order valence-electron chi connectivity index (χ2n) is 7.46. The monoisotopic (exact) mass is 477 g/mol. The van der Waals surface area contributed by atoms with Gasteiger partial charge in [0.1, 0.15) is 21.7 Å². The minimum absolute atomic E-state index is 0.146. The number of nitrogens with one attached hydrogen (secondary N) is 2. The summed E-state index contributed by atoms with van der Waals surface area (Å²) in [6, 6.07) is 8.43. The van der Waals surface area contributed by atoms with Crippen LogP contribution in [0, 0.1) is 5.92 Å². The Balaban J connectivity index is 1.24. The molecule has 0 atom stereocenters. The second-order valence-corrected chi connectivity index (χ2v) is 9.90. The SMILES string of the molecule is O=C(CCNC(=O)C1CCN(S(=O)(=O)c2cccc3nsnc23)CC1)NCc1ccco1. The lowest BCUT2D eigenvalue weighted by molar-refractivity contribution is -0.126. The molecule has 12 heteroatoms. The van der Waals surface area contributed by atoms with E-state index in [-0.39, 0.29) is 48.7 Å². The van der Waals surface area contributed by atoms with Crippen LogP contribution in [-0.2, 0) is 26.2 Å². The molecule has 4 rings (SSSR count). The van der Waals surface area contributed by atoms with Crippen LogP contribution in [0.1, 0.15) is 25.0 Å². The first-order valence-electron chi connectivity index (χ1n) is 10.2. The van der Waals surface area contributed by atoms with E-state index in [0.29, 0.717) is 36.2 Å². The fraction of sp³-hybridized carbons (Fsp3) is 0.400. The van der Waals surface area contributed by atoms with E-state index in [9.17, 15) is 18.0 Å². The normalized spacial score (nSPS) is 15.6. The molecule has 2 N–H and O–H groups in total. The molecule has 10 nitrogen and oxygen atoms in total. The van der Waals surface area contributed by atoms with Crippen molar-refractivity contribution in [2.75, 3.05) is 19.6 Å². The molecule has 1 saturated heterocycles. The van der Waals surface area contributed by atoms with E-state index in [1.54, 1.807) is 24.3 Å². The van der Waals surface area contributed by atoms with Gasteiger partial charge in [0, 0.05) is 32.0 Å². The summed E-state index contributed by atoms with van der Waals surface area (Å²) >= 11 is 0.977. The van der Waals surface area contributed by atoms with Crippen molar-refractivity contribution >= 4 is 44.6 Å². The Bertz CT molecular complexity index is 1180. The maximum atomic E-state index is 13.1. The third kappa shape index (κ3) is 4.97. The molecule has 2 aromatic heterocycles. The molecule has 1 aliphatic rings. The third-order valence-electron chi connectivity index (χ3n) is 5.38. The Morgan fingerprint density at radius 1 is 1.12 bits per heavy atom. The fourth-order valence-electron chi connectivity index (χ4n) is 3.62. The summed E-state index contributed by atoms with van der Waals surface area (Å²) < 4.78 is 40.9. The van der Waals surface area contributed by atoms with Crippen LogP contribution in [-0.4, -0.2) is 52.9 Å². The Morgan fingerprint density at radius 2 is 1.94 bits per heavy atom. The molecule has 0 spiro atoms. The maximum Gasteiger partial charge on any atom is 0.245 e. The van der Waals surface area contributed by atoms with Crippen molar-refractivity contribution in [1.29, 1.82) is 0 Å². The predicted octanol–water partition coefficient (Wildman–Crippen LogP) is 1.51. The molecule has 1 fully saturated rings. The van der Waals surface area contributed by atoms with Crippen LogP contribution < -0.4 is 10.6 Å². The third-order valence-corrected chi connectivity index (χ3v) is 7.86. The lowest BCUT2D eigenvalue weighted by Gasteiger charge is -2.30. The Hall–Kier alpha value is -2.83. The van der Waals surface area contributed by atoms with Crippen molar-refractivity contribution in [3.05, 3.63) is 42.4 Å². The predicted molar refractivity (Wildman–Crippen MR) is 117 cm³/mol. The van der Waals surface area contributed by atoms with Gasteiger partial charge in [-0.15, -0.1) is 0 Å². The molecule has 0 saturated carbocycles. The van der Waals surface area contributed by atoms with Crippen molar-refractivity contribution in [1.82, 2.24) is 23.7 Å². The van der Waals surface area contributed by atoms with Crippen LogP contribution in [0.4, 0.5) is 0 Å². The number of carbonyl (C=O) groups excluding carboxylic acids is 2. The second kappa shape index (κ2) is 9.76. The summed E-state index contributed by atoms with van der Waals surface area (Å²) in [7, 11) is -3.72. The van der Waals surface area contributed by atoms with Gasteiger partial charge in [0.05, 0.1) is 24.5 Å². The van der Waals surface area contributed by atoms with Gasteiger partial charge in [-0.25, -0.2) is 8.42 Å². The minimum atomic E-state index is -3.72. The highest BCUT2D eigenvalue weighted by atomic mass is 32.2. The molecule has 0 radical (unpaired) electrons. The van der Waals surface area contributed by atoms with E-state index < -0.39 is 10.0 Å². The van der Waals surface area contributed by atoms with Gasteiger partial charge in [-0.3, -0.25) is 9.59 Å². The van der Waals surface area contributed by atoms with Gasteiger partial charge in [0.2, 0.25) is 21.8 Å². The first-order valence-corrected chi connectivity index (χ1v) is 12.4. The average molecular weight is 478 g/mol. The molecule has 0 aliphatic carbocycles. The number of sulfonamides is 1. The number of aromatic nitrogens is 2. The molecule has 32 heavy (non-hydrogen) atoms. The van der Waals surface area contributed by atoms with Gasteiger partial charge in [-0.05, 0) is 37.1 Å². The Kier molecular flexibility index (Phi) is 6.82. The average Bonchev–Trinajstić information content (AvgIpc) is 3.49. The van der Waals surface area contributed by atoms with Crippen LogP contribution >= 0.6 is 11.7 Å². The Morgan fingerprint density at radius 3 is 2.69 bits per heavy atom. The summed E-state index contributed by atoms with van der Waals surface area (Å²) in [4.78, 5) is 24.5. The number of amides is 2. The number of rotatable bonds is 8. The maximum absolute atomic E-state index is 13.1. The van der Waals surface area contributed by atoms with Gasteiger partial charge in [-0.1, -0.05) is 6.07 Å². The molecule has 0 unspecified atom stereocenters. The van der Waals surface area contributed by atoms with Gasteiger partial charge < -0.3 is 15.1 Å². The van der Waals surface area contributed by atoms with E-state index in [2.05, 4.69) is 19.4 Å². The molecule has 3 aromatic rings. The van der Waals surface area contributed by atoms with Gasteiger partial charge in [-0.2, -0.15) is 13.1 Å². The van der Waals surface area contributed by atoms with Crippen LogP contribution in [0.3, 0.4) is 0 Å². The molecular weight excluding hydrogens is 454 g/mol. The molecule has 3 heterocycles. The smallest absolute Gasteiger partial charge is 0.245 e. The number of hydrogen-bond acceptors (Lipinski definition) is 8. The van der Waals surface area contributed by atoms with Gasteiger partial charge in [0.15, 0.2) is 0 Å². The fourth-order valence-corrected chi connectivity index (χ4v) is 5.84. The lowest BCUT2D eigenvalue weighted by Crippen LogP contribution is -2.43. The quantitative estimate of drug-likeness (QED) is 0.502. The topological polar surface area (TPSA) is 134 Å². The number of furan rings is 1. The van der Waals surface area contributed by atoms with Gasteiger partial charge in [0.25, 0.3) is 0 Å². The number of benzene rings is 1. The summed E-state index contributed by atoms with van der Waals surface area (Å²) in [6.07, 6.45) is 2.53.